The molecule has 148 valence electrons. The normalized spacial score (nSPS) is 11.1. The van der Waals surface area contributed by atoms with E-state index in [0.29, 0.717) is 42.2 Å². The molecule has 1 aromatic heterocycles. The molecule has 2 aromatic rings. The van der Waals surface area contributed by atoms with Crippen LogP contribution in [0.3, 0.4) is 0 Å². The van der Waals surface area contributed by atoms with Crippen LogP contribution in [-0.2, 0) is 11.3 Å². The highest BCUT2D eigenvalue weighted by Crippen LogP contribution is 2.30. The molecule has 1 heterocycles. The Morgan fingerprint density at radius 1 is 1.07 bits per heavy atom. The summed E-state index contributed by atoms with van der Waals surface area (Å²) in [5.74, 6) is 2.44. The van der Waals surface area contributed by atoms with Gasteiger partial charge in [0.15, 0.2) is 11.5 Å². The lowest BCUT2D eigenvalue weighted by Gasteiger charge is -2.26. The van der Waals surface area contributed by atoms with Crippen LogP contribution in [0.25, 0.3) is 11.4 Å². The number of ether oxygens (including phenoxy) is 2. The van der Waals surface area contributed by atoms with E-state index in [1.165, 1.54) is 4.80 Å². The molecular weight excluding hydrogens is 346 g/mol. The zero-order valence-electron chi connectivity index (χ0n) is 17.0. The van der Waals surface area contributed by atoms with Crippen LogP contribution in [0.2, 0.25) is 0 Å². The second kappa shape index (κ2) is 9.34. The summed E-state index contributed by atoms with van der Waals surface area (Å²) in [7, 11) is 3.15. The summed E-state index contributed by atoms with van der Waals surface area (Å²) >= 11 is 0. The molecule has 0 unspecified atom stereocenters. The van der Waals surface area contributed by atoms with Gasteiger partial charge in [0.25, 0.3) is 0 Å². The van der Waals surface area contributed by atoms with Crippen molar-refractivity contribution in [3.05, 3.63) is 18.2 Å². The summed E-state index contributed by atoms with van der Waals surface area (Å²) in [6.07, 6.45) is 0. The van der Waals surface area contributed by atoms with Crippen molar-refractivity contribution in [2.75, 3.05) is 27.3 Å². The van der Waals surface area contributed by atoms with E-state index in [1.54, 1.807) is 26.4 Å². The van der Waals surface area contributed by atoms with E-state index in [-0.39, 0.29) is 12.5 Å². The summed E-state index contributed by atoms with van der Waals surface area (Å²) in [6, 6.07) is 5.40. The van der Waals surface area contributed by atoms with Crippen molar-refractivity contribution in [1.29, 1.82) is 0 Å². The fraction of sp³-hybridized carbons (Fsp3) is 0.579. The topological polar surface area (TPSA) is 82.4 Å². The molecule has 8 nitrogen and oxygen atoms in total. The van der Waals surface area contributed by atoms with Crippen LogP contribution in [0.5, 0.6) is 11.5 Å². The van der Waals surface area contributed by atoms with Gasteiger partial charge >= 0.3 is 0 Å². The van der Waals surface area contributed by atoms with Gasteiger partial charge in [-0.05, 0) is 35.2 Å². The molecule has 0 aliphatic rings. The van der Waals surface area contributed by atoms with Gasteiger partial charge in [-0.25, -0.2) is 0 Å². The maximum atomic E-state index is 12.7. The summed E-state index contributed by atoms with van der Waals surface area (Å²) in [6.45, 7) is 9.90. The van der Waals surface area contributed by atoms with Gasteiger partial charge in [0.1, 0.15) is 6.54 Å². The SMILES string of the molecule is COc1ccc(-c2nnn(CC(=O)N(CC(C)C)CC(C)C)n2)cc1OC. The van der Waals surface area contributed by atoms with E-state index in [2.05, 4.69) is 43.1 Å². The van der Waals surface area contributed by atoms with Crippen LogP contribution in [0, 0.1) is 11.8 Å². The fourth-order valence-electron chi connectivity index (χ4n) is 2.78. The lowest BCUT2D eigenvalue weighted by Crippen LogP contribution is -2.39. The minimum atomic E-state index is -0.00587. The summed E-state index contributed by atoms with van der Waals surface area (Å²) in [5, 5.41) is 12.4. The van der Waals surface area contributed by atoms with Gasteiger partial charge < -0.3 is 14.4 Å². The summed E-state index contributed by atoms with van der Waals surface area (Å²) in [5.41, 5.74) is 0.743. The number of hydrogen-bond donors (Lipinski definition) is 0. The number of tetrazole rings is 1. The molecule has 27 heavy (non-hydrogen) atoms. The zero-order chi connectivity index (χ0) is 20.0. The molecule has 0 N–H and O–H groups in total. The van der Waals surface area contributed by atoms with Gasteiger partial charge in [0.05, 0.1) is 14.2 Å². The number of methoxy groups -OCH3 is 2. The van der Waals surface area contributed by atoms with Crippen LogP contribution < -0.4 is 9.47 Å². The van der Waals surface area contributed by atoms with Gasteiger partial charge in [0.2, 0.25) is 11.7 Å². The van der Waals surface area contributed by atoms with E-state index < -0.39 is 0 Å². The number of carbonyl (C=O) groups is 1. The van der Waals surface area contributed by atoms with E-state index in [4.69, 9.17) is 9.47 Å². The number of hydrogen-bond acceptors (Lipinski definition) is 6. The molecule has 0 bridgehead atoms. The van der Waals surface area contributed by atoms with Crippen LogP contribution >= 0.6 is 0 Å². The Labute approximate surface area is 160 Å². The van der Waals surface area contributed by atoms with Crippen molar-refractivity contribution in [3.8, 4) is 22.9 Å². The Balaban J connectivity index is 2.13. The number of benzene rings is 1. The van der Waals surface area contributed by atoms with Crippen LogP contribution in [0.15, 0.2) is 18.2 Å². The Morgan fingerprint density at radius 3 is 2.26 bits per heavy atom. The van der Waals surface area contributed by atoms with E-state index in [1.807, 2.05) is 11.0 Å². The molecule has 2 rings (SSSR count). The highest BCUT2D eigenvalue weighted by atomic mass is 16.5. The van der Waals surface area contributed by atoms with Crippen molar-refractivity contribution in [1.82, 2.24) is 25.1 Å². The Bertz CT molecular complexity index is 748. The number of amides is 1. The molecule has 1 amide bonds. The van der Waals surface area contributed by atoms with Crippen LogP contribution in [0.4, 0.5) is 0 Å². The number of aromatic nitrogens is 4. The van der Waals surface area contributed by atoms with E-state index in [9.17, 15) is 4.79 Å². The summed E-state index contributed by atoms with van der Waals surface area (Å²) < 4.78 is 10.5. The summed E-state index contributed by atoms with van der Waals surface area (Å²) in [4.78, 5) is 15.9. The standard InChI is InChI=1S/C19H29N5O3/c1-13(2)10-23(11-14(3)4)18(25)12-24-21-19(20-22-24)15-7-8-16(26-5)17(9-15)27-6/h7-9,13-14H,10-12H2,1-6H3. The van der Waals surface area contributed by atoms with Gasteiger partial charge in [-0.1, -0.05) is 27.7 Å². The van der Waals surface area contributed by atoms with Crippen molar-refractivity contribution in [3.63, 3.8) is 0 Å². The molecule has 0 saturated carbocycles. The first-order valence-electron chi connectivity index (χ1n) is 9.12. The maximum Gasteiger partial charge on any atom is 0.246 e. The van der Waals surface area contributed by atoms with Gasteiger partial charge in [-0.15, -0.1) is 10.2 Å². The molecular formula is C19H29N5O3. The average molecular weight is 375 g/mol. The van der Waals surface area contributed by atoms with Crippen LogP contribution in [0.1, 0.15) is 27.7 Å². The lowest BCUT2D eigenvalue weighted by molar-refractivity contribution is -0.133. The molecule has 0 radical (unpaired) electrons. The molecule has 0 aliphatic heterocycles. The predicted octanol–water partition coefficient (Wildman–Crippen LogP) is 2.50. The monoisotopic (exact) mass is 375 g/mol. The number of carbonyl (C=O) groups excluding carboxylic acids is 1. The predicted molar refractivity (Wildman–Crippen MR) is 103 cm³/mol. The molecule has 0 atom stereocenters. The van der Waals surface area contributed by atoms with E-state index >= 15 is 0 Å². The Kier molecular flexibility index (Phi) is 7.15. The van der Waals surface area contributed by atoms with Crippen molar-refractivity contribution in [2.24, 2.45) is 11.8 Å². The third-order valence-corrected chi connectivity index (χ3v) is 3.90. The van der Waals surface area contributed by atoms with E-state index in [0.717, 1.165) is 5.56 Å². The minimum absolute atomic E-state index is 0.00587. The molecule has 8 heteroatoms. The largest absolute Gasteiger partial charge is 0.493 e. The molecule has 1 aromatic carbocycles. The molecule has 0 fully saturated rings. The second-order valence-corrected chi connectivity index (χ2v) is 7.30. The smallest absolute Gasteiger partial charge is 0.246 e. The minimum Gasteiger partial charge on any atom is -0.493 e. The zero-order valence-corrected chi connectivity index (χ0v) is 17.0. The first-order valence-corrected chi connectivity index (χ1v) is 9.12. The first kappa shape index (κ1) is 20.7. The Morgan fingerprint density at radius 2 is 1.70 bits per heavy atom. The van der Waals surface area contributed by atoms with Gasteiger partial charge in [-0.3, -0.25) is 4.79 Å². The quantitative estimate of drug-likeness (QED) is 0.670. The van der Waals surface area contributed by atoms with Crippen molar-refractivity contribution >= 4 is 5.91 Å². The van der Waals surface area contributed by atoms with Crippen molar-refractivity contribution in [2.45, 2.75) is 34.2 Å². The third kappa shape index (κ3) is 5.67. The third-order valence-electron chi connectivity index (χ3n) is 3.90. The maximum absolute atomic E-state index is 12.7. The molecule has 0 spiro atoms. The second-order valence-electron chi connectivity index (χ2n) is 7.30. The van der Waals surface area contributed by atoms with Gasteiger partial charge in [0, 0.05) is 18.7 Å². The lowest BCUT2D eigenvalue weighted by atomic mass is 10.1. The highest BCUT2D eigenvalue weighted by Gasteiger charge is 2.18. The van der Waals surface area contributed by atoms with Gasteiger partial charge in [-0.2, -0.15) is 4.80 Å². The molecule has 0 saturated heterocycles. The number of nitrogens with zero attached hydrogens (tertiary/aromatic N) is 5. The molecule has 0 aliphatic carbocycles. The first-order chi connectivity index (χ1) is 12.8. The average Bonchev–Trinajstić information content (AvgIpc) is 3.08. The fourth-order valence-corrected chi connectivity index (χ4v) is 2.78. The Hall–Kier alpha value is -2.64. The highest BCUT2D eigenvalue weighted by molar-refractivity contribution is 5.75. The van der Waals surface area contributed by atoms with Crippen LogP contribution in [-0.4, -0.2) is 58.3 Å². The van der Waals surface area contributed by atoms with Crippen molar-refractivity contribution < 1.29 is 14.3 Å². The number of rotatable bonds is 9.